The summed E-state index contributed by atoms with van der Waals surface area (Å²) in [6.45, 7) is 5.57. The Morgan fingerprint density at radius 1 is 1.30 bits per heavy atom. The van der Waals surface area contributed by atoms with Crippen molar-refractivity contribution in [1.82, 2.24) is 14.5 Å². The van der Waals surface area contributed by atoms with Gasteiger partial charge in [0.05, 0.1) is 16.9 Å². The van der Waals surface area contributed by atoms with E-state index in [2.05, 4.69) is 41.6 Å². The lowest BCUT2D eigenvalue weighted by molar-refractivity contribution is 0.205. The maximum atomic E-state index is 6.11. The molecule has 0 spiro atoms. The van der Waals surface area contributed by atoms with Crippen LogP contribution in [0.1, 0.15) is 24.2 Å². The van der Waals surface area contributed by atoms with Crippen molar-refractivity contribution in [2.24, 2.45) is 5.92 Å². The van der Waals surface area contributed by atoms with Crippen LogP contribution >= 0.6 is 11.6 Å². The van der Waals surface area contributed by atoms with Crippen molar-refractivity contribution in [3.05, 3.63) is 29.6 Å². The molecule has 1 aromatic carbocycles. The van der Waals surface area contributed by atoms with Gasteiger partial charge in [-0.15, -0.1) is 11.6 Å². The number of rotatable bonds is 3. The first kappa shape index (κ1) is 13.9. The van der Waals surface area contributed by atoms with Gasteiger partial charge in [-0.2, -0.15) is 0 Å². The molecule has 0 amide bonds. The van der Waals surface area contributed by atoms with Crippen LogP contribution in [0.2, 0.25) is 0 Å². The molecule has 0 bridgehead atoms. The fourth-order valence-electron chi connectivity index (χ4n) is 3.14. The van der Waals surface area contributed by atoms with Crippen LogP contribution < -0.4 is 0 Å². The topological polar surface area (TPSA) is 21.1 Å². The van der Waals surface area contributed by atoms with E-state index in [9.17, 15) is 0 Å². The minimum absolute atomic E-state index is 0.487. The molecule has 0 atom stereocenters. The van der Waals surface area contributed by atoms with Crippen molar-refractivity contribution < 1.29 is 0 Å². The molecular weight excluding hydrogens is 270 g/mol. The smallest absolute Gasteiger partial charge is 0.124 e. The van der Waals surface area contributed by atoms with Crippen LogP contribution in [0.25, 0.3) is 11.0 Å². The van der Waals surface area contributed by atoms with Crippen LogP contribution in [0.15, 0.2) is 18.2 Å². The van der Waals surface area contributed by atoms with Crippen molar-refractivity contribution in [1.29, 1.82) is 0 Å². The Balaban J connectivity index is 1.92. The van der Waals surface area contributed by atoms with Gasteiger partial charge in [-0.05, 0) is 57.5 Å². The fourth-order valence-corrected chi connectivity index (χ4v) is 3.35. The number of likely N-dealkylation sites (tertiary alicyclic amines) is 1. The molecule has 1 aliphatic rings. The molecule has 0 radical (unpaired) electrons. The number of hydrogen-bond donors (Lipinski definition) is 0. The maximum Gasteiger partial charge on any atom is 0.124 e. The number of aromatic nitrogens is 2. The second-order valence-corrected chi connectivity index (χ2v) is 6.23. The SMILES string of the molecule is Cc1cccc2c1nc(CCl)n2CC1CCN(C)CC1. The van der Waals surface area contributed by atoms with Gasteiger partial charge < -0.3 is 9.47 Å². The number of alkyl halides is 1. The van der Waals surface area contributed by atoms with Crippen LogP contribution in [0.5, 0.6) is 0 Å². The second-order valence-electron chi connectivity index (χ2n) is 5.96. The molecule has 1 aliphatic heterocycles. The molecule has 3 rings (SSSR count). The molecule has 1 aromatic heterocycles. The molecule has 2 heterocycles. The average Bonchev–Trinajstić information content (AvgIpc) is 2.81. The maximum absolute atomic E-state index is 6.11. The first-order valence-corrected chi connectivity index (χ1v) is 7.91. The van der Waals surface area contributed by atoms with Crippen LogP contribution in [0.4, 0.5) is 0 Å². The monoisotopic (exact) mass is 291 g/mol. The van der Waals surface area contributed by atoms with Crippen molar-refractivity contribution in [3.8, 4) is 0 Å². The van der Waals surface area contributed by atoms with Gasteiger partial charge in [-0.3, -0.25) is 0 Å². The summed E-state index contributed by atoms with van der Waals surface area (Å²) in [5.41, 5.74) is 3.58. The summed E-state index contributed by atoms with van der Waals surface area (Å²) in [7, 11) is 2.20. The summed E-state index contributed by atoms with van der Waals surface area (Å²) in [5, 5.41) is 0. The third-order valence-corrected chi connectivity index (χ3v) is 4.70. The summed E-state index contributed by atoms with van der Waals surface area (Å²) in [5.74, 6) is 2.24. The normalized spacial score (nSPS) is 17.9. The second kappa shape index (κ2) is 5.74. The van der Waals surface area contributed by atoms with E-state index in [0.29, 0.717) is 5.88 Å². The highest BCUT2D eigenvalue weighted by atomic mass is 35.5. The molecule has 1 saturated heterocycles. The van der Waals surface area contributed by atoms with Gasteiger partial charge in [-0.1, -0.05) is 12.1 Å². The van der Waals surface area contributed by atoms with Gasteiger partial charge in [0.1, 0.15) is 5.82 Å². The third-order valence-electron chi connectivity index (χ3n) is 4.46. The lowest BCUT2D eigenvalue weighted by Gasteiger charge is -2.29. The zero-order chi connectivity index (χ0) is 14.1. The number of piperidine rings is 1. The number of imidazole rings is 1. The van der Waals surface area contributed by atoms with Gasteiger partial charge in [0.25, 0.3) is 0 Å². The van der Waals surface area contributed by atoms with E-state index >= 15 is 0 Å². The predicted octanol–water partition coefficient (Wildman–Crippen LogP) is 3.43. The molecule has 0 aliphatic carbocycles. The van der Waals surface area contributed by atoms with E-state index in [1.807, 2.05) is 0 Å². The lowest BCUT2D eigenvalue weighted by atomic mass is 9.97. The molecule has 0 N–H and O–H groups in total. The molecule has 2 aromatic rings. The van der Waals surface area contributed by atoms with Gasteiger partial charge in [0.2, 0.25) is 0 Å². The quantitative estimate of drug-likeness (QED) is 0.808. The van der Waals surface area contributed by atoms with Crippen LogP contribution in [-0.2, 0) is 12.4 Å². The highest BCUT2D eigenvalue weighted by Gasteiger charge is 2.20. The van der Waals surface area contributed by atoms with E-state index in [-0.39, 0.29) is 0 Å². The number of hydrogen-bond acceptors (Lipinski definition) is 2. The van der Waals surface area contributed by atoms with E-state index < -0.39 is 0 Å². The molecular formula is C16H22ClN3. The Bertz CT molecular complexity index is 597. The zero-order valence-electron chi connectivity index (χ0n) is 12.3. The number of nitrogens with zero attached hydrogens (tertiary/aromatic N) is 3. The number of aryl methyl sites for hydroxylation is 1. The minimum Gasteiger partial charge on any atom is -0.327 e. The van der Waals surface area contributed by atoms with Crippen LogP contribution in [0, 0.1) is 12.8 Å². The lowest BCUT2D eigenvalue weighted by Crippen LogP contribution is -2.32. The summed E-state index contributed by atoms with van der Waals surface area (Å²) in [6, 6.07) is 6.40. The number of fused-ring (bicyclic) bond motifs is 1. The number of benzene rings is 1. The van der Waals surface area contributed by atoms with Crippen molar-refractivity contribution in [2.45, 2.75) is 32.2 Å². The molecule has 108 valence electrons. The highest BCUT2D eigenvalue weighted by molar-refractivity contribution is 6.16. The van der Waals surface area contributed by atoms with Gasteiger partial charge in [-0.25, -0.2) is 4.98 Å². The van der Waals surface area contributed by atoms with Gasteiger partial charge in [0.15, 0.2) is 0 Å². The summed E-state index contributed by atoms with van der Waals surface area (Å²) < 4.78 is 2.34. The van der Waals surface area contributed by atoms with Gasteiger partial charge in [0, 0.05) is 6.54 Å². The average molecular weight is 292 g/mol. The van der Waals surface area contributed by atoms with Crippen molar-refractivity contribution in [3.63, 3.8) is 0 Å². The van der Waals surface area contributed by atoms with E-state index in [0.717, 1.165) is 23.8 Å². The predicted molar refractivity (Wildman–Crippen MR) is 84.2 cm³/mol. The highest BCUT2D eigenvalue weighted by Crippen LogP contribution is 2.25. The fraction of sp³-hybridized carbons (Fsp3) is 0.562. The Labute approximate surface area is 125 Å². The van der Waals surface area contributed by atoms with Crippen LogP contribution in [0.3, 0.4) is 0 Å². The molecule has 0 saturated carbocycles. The van der Waals surface area contributed by atoms with E-state index in [4.69, 9.17) is 16.6 Å². The van der Waals surface area contributed by atoms with Gasteiger partial charge >= 0.3 is 0 Å². The Kier molecular flexibility index (Phi) is 3.99. The van der Waals surface area contributed by atoms with E-state index in [1.165, 1.54) is 37.0 Å². The Hall–Kier alpha value is -1.06. The molecule has 1 fully saturated rings. The Morgan fingerprint density at radius 3 is 2.75 bits per heavy atom. The summed E-state index contributed by atoms with van der Waals surface area (Å²) in [6.07, 6.45) is 2.54. The first-order chi connectivity index (χ1) is 9.69. The molecule has 20 heavy (non-hydrogen) atoms. The first-order valence-electron chi connectivity index (χ1n) is 7.38. The van der Waals surface area contributed by atoms with Crippen molar-refractivity contribution >= 4 is 22.6 Å². The summed E-state index contributed by atoms with van der Waals surface area (Å²) >= 11 is 6.11. The number of halogens is 1. The van der Waals surface area contributed by atoms with Crippen molar-refractivity contribution in [2.75, 3.05) is 20.1 Å². The van der Waals surface area contributed by atoms with E-state index in [1.54, 1.807) is 0 Å². The molecule has 4 heteroatoms. The largest absolute Gasteiger partial charge is 0.327 e. The Morgan fingerprint density at radius 2 is 2.05 bits per heavy atom. The minimum atomic E-state index is 0.487. The zero-order valence-corrected chi connectivity index (χ0v) is 13.0. The van der Waals surface area contributed by atoms with Crippen LogP contribution in [-0.4, -0.2) is 34.6 Å². The standard InChI is InChI=1S/C16H22ClN3/c1-12-4-3-5-14-16(12)18-15(10-17)20(14)11-13-6-8-19(2)9-7-13/h3-5,13H,6-11H2,1-2H3. The molecule has 3 nitrogen and oxygen atoms in total. The molecule has 0 unspecified atom stereocenters. The summed E-state index contributed by atoms with van der Waals surface area (Å²) in [4.78, 5) is 7.14. The number of para-hydroxylation sites is 1. The third kappa shape index (κ3) is 2.57.